The Labute approximate surface area is 224 Å². The van der Waals surface area contributed by atoms with Crippen LogP contribution < -0.4 is 0 Å². The van der Waals surface area contributed by atoms with Gasteiger partial charge in [-0.2, -0.15) is 0 Å². The van der Waals surface area contributed by atoms with E-state index in [1.165, 1.54) is 10.5 Å². The Bertz CT molecular complexity index is 928. The van der Waals surface area contributed by atoms with Crippen molar-refractivity contribution in [1.82, 2.24) is 9.80 Å². The number of Topliss-reactive ketones (excluding diaryl/α,β-unsaturated/α-hetero) is 1. The van der Waals surface area contributed by atoms with Crippen LogP contribution in [0, 0.1) is 46.3 Å². The van der Waals surface area contributed by atoms with E-state index in [2.05, 4.69) is 27.4 Å². The van der Waals surface area contributed by atoms with Gasteiger partial charge in [0.25, 0.3) is 0 Å². The zero-order valence-corrected chi connectivity index (χ0v) is 24.3. The molecule has 4 saturated carbocycles. The van der Waals surface area contributed by atoms with Crippen molar-refractivity contribution in [2.24, 2.45) is 46.3 Å². The molecule has 0 aromatic rings. The van der Waals surface area contributed by atoms with Gasteiger partial charge in [0.05, 0.1) is 0 Å². The van der Waals surface area contributed by atoms with E-state index < -0.39 is 0 Å². The van der Waals surface area contributed by atoms with E-state index in [1.807, 2.05) is 14.1 Å². The first-order valence-electron chi connectivity index (χ1n) is 14.6. The highest BCUT2D eigenvalue weighted by Gasteiger charge is 2.65. The minimum Gasteiger partial charge on any atom is -0.446 e. The molecule has 4 fully saturated rings. The summed E-state index contributed by atoms with van der Waals surface area (Å²) in [5.41, 5.74) is 1.42. The molecule has 37 heavy (non-hydrogen) atoms. The summed E-state index contributed by atoms with van der Waals surface area (Å²) in [6.07, 6.45) is 8.90. The van der Waals surface area contributed by atoms with Crippen molar-refractivity contribution in [3.05, 3.63) is 12.2 Å². The highest BCUT2D eigenvalue weighted by atomic mass is 16.6. The topological polar surface area (TPSA) is 66.9 Å². The number of fused-ring (bicyclic) bond motifs is 5. The third kappa shape index (κ3) is 4.76. The number of carbonyl (C=O) groups is 3. The molecule has 6 nitrogen and oxygen atoms in total. The van der Waals surface area contributed by atoms with Gasteiger partial charge in [-0.1, -0.05) is 32.9 Å². The first kappa shape index (κ1) is 28.2. The normalized spacial score (nSPS) is 40.7. The molecule has 0 radical (unpaired) electrons. The van der Waals surface area contributed by atoms with Crippen LogP contribution in [-0.4, -0.2) is 61.9 Å². The van der Waals surface area contributed by atoms with Crippen molar-refractivity contribution >= 4 is 17.8 Å². The van der Waals surface area contributed by atoms with Crippen LogP contribution in [0.5, 0.6) is 0 Å². The van der Waals surface area contributed by atoms with E-state index in [0.717, 1.165) is 57.8 Å². The molecule has 0 N–H and O–H groups in total. The number of ketones is 1. The van der Waals surface area contributed by atoms with E-state index in [1.54, 1.807) is 19.0 Å². The summed E-state index contributed by atoms with van der Waals surface area (Å²) in [5, 5.41) is 0. The van der Waals surface area contributed by atoms with Crippen LogP contribution in [0.4, 0.5) is 4.79 Å². The first-order valence-corrected chi connectivity index (χ1v) is 14.6. The van der Waals surface area contributed by atoms with Crippen molar-refractivity contribution in [3.8, 4) is 0 Å². The second-order valence-corrected chi connectivity index (χ2v) is 13.6. The SMILES string of the molecule is C=C(CCC(=O)N(C)C)C1CCC2C3C(=O)C(CC)C4C[C@H](OC(=O)N(C)C)CC[C@]4(C)C3CC[C@]12C. The Hall–Kier alpha value is -1.85. The van der Waals surface area contributed by atoms with Crippen LogP contribution in [-0.2, 0) is 14.3 Å². The Morgan fingerprint density at radius 1 is 0.919 bits per heavy atom. The molecule has 0 aromatic heterocycles. The van der Waals surface area contributed by atoms with Gasteiger partial charge in [0.15, 0.2) is 0 Å². The minimum atomic E-state index is -0.278. The van der Waals surface area contributed by atoms with Gasteiger partial charge in [0.2, 0.25) is 5.91 Å². The van der Waals surface area contributed by atoms with Crippen LogP contribution in [0.25, 0.3) is 0 Å². The highest BCUT2D eigenvalue weighted by molar-refractivity contribution is 5.86. The van der Waals surface area contributed by atoms with Crippen LogP contribution in [0.15, 0.2) is 12.2 Å². The summed E-state index contributed by atoms with van der Waals surface area (Å²) in [4.78, 5) is 41.9. The van der Waals surface area contributed by atoms with Gasteiger partial charge in [0.1, 0.15) is 11.9 Å². The number of allylic oxidation sites excluding steroid dienone is 1. The van der Waals surface area contributed by atoms with Gasteiger partial charge in [-0.3, -0.25) is 9.59 Å². The average Bonchev–Trinajstić information content (AvgIpc) is 3.20. The van der Waals surface area contributed by atoms with Gasteiger partial charge >= 0.3 is 6.09 Å². The molecule has 2 amide bonds. The molecule has 0 spiro atoms. The average molecular weight is 515 g/mol. The Balaban J connectivity index is 1.54. The number of hydrogen-bond acceptors (Lipinski definition) is 4. The van der Waals surface area contributed by atoms with Crippen molar-refractivity contribution in [2.75, 3.05) is 28.2 Å². The van der Waals surface area contributed by atoms with Crippen LogP contribution in [0.2, 0.25) is 0 Å². The lowest BCUT2D eigenvalue weighted by molar-refractivity contribution is -0.172. The third-order valence-corrected chi connectivity index (χ3v) is 11.4. The summed E-state index contributed by atoms with van der Waals surface area (Å²) < 4.78 is 5.83. The molecule has 4 aliphatic carbocycles. The predicted molar refractivity (Wildman–Crippen MR) is 146 cm³/mol. The van der Waals surface area contributed by atoms with Crippen LogP contribution in [0.3, 0.4) is 0 Å². The summed E-state index contributed by atoms with van der Waals surface area (Å²) in [6.45, 7) is 11.5. The second kappa shape index (κ2) is 10.4. The maximum absolute atomic E-state index is 14.3. The monoisotopic (exact) mass is 514 g/mol. The van der Waals surface area contributed by atoms with E-state index in [9.17, 15) is 14.4 Å². The van der Waals surface area contributed by atoms with E-state index in [4.69, 9.17) is 4.74 Å². The molecule has 0 aromatic carbocycles. The predicted octanol–water partition coefficient (Wildman–Crippen LogP) is 5.95. The largest absolute Gasteiger partial charge is 0.446 e. The van der Waals surface area contributed by atoms with Gasteiger partial charge in [-0.15, -0.1) is 0 Å². The molecular formula is C31H50N2O4. The van der Waals surface area contributed by atoms with Gasteiger partial charge in [-0.25, -0.2) is 4.79 Å². The summed E-state index contributed by atoms with van der Waals surface area (Å²) >= 11 is 0. The fourth-order valence-corrected chi connectivity index (χ4v) is 9.31. The molecule has 4 aliphatic rings. The number of ether oxygens (including phenoxy) is 1. The number of rotatable bonds is 6. The van der Waals surface area contributed by atoms with E-state index in [0.29, 0.717) is 30.0 Å². The highest BCUT2D eigenvalue weighted by Crippen LogP contribution is 2.68. The second-order valence-electron chi connectivity index (χ2n) is 13.6. The summed E-state index contributed by atoms with van der Waals surface area (Å²) in [6, 6.07) is 0. The third-order valence-electron chi connectivity index (χ3n) is 11.4. The zero-order valence-electron chi connectivity index (χ0n) is 24.3. The Morgan fingerprint density at radius 2 is 1.57 bits per heavy atom. The fourth-order valence-electron chi connectivity index (χ4n) is 9.31. The lowest BCUT2D eigenvalue weighted by Crippen LogP contribution is -2.60. The molecular weight excluding hydrogens is 464 g/mol. The number of carbonyl (C=O) groups excluding carboxylic acids is 3. The van der Waals surface area contributed by atoms with Crippen LogP contribution in [0.1, 0.15) is 85.0 Å². The maximum Gasteiger partial charge on any atom is 0.409 e. The molecule has 208 valence electrons. The van der Waals surface area contributed by atoms with Crippen molar-refractivity contribution in [3.63, 3.8) is 0 Å². The molecule has 0 heterocycles. The minimum absolute atomic E-state index is 0.0504. The maximum atomic E-state index is 14.3. The Kier molecular flexibility index (Phi) is 7.90. The summed E-state index contributed by atoms with van der Waals surface area (Å²) in [5.74, 6) is 2.33. The first-order chi connectivity index (χ1) is 17.3. The summed E-state index contributed by atoms with van der Waals surface area (Å²) in [7, 11) is 7.07. The van der Waals surface area contributed by atoms with Gasteiger partial charge in [-0.05, 0) is 92.3 Å². The quantitative estimate of drug-likeness (QED) is 0.411. The van der Waals surface area contributed by atoms with Crippen molar-refractivity contribution < 1.29 is 19.1 Å². The molecule has 6 heteroatoms. The molecule has 9 atom stereocenters. The molecule has 0 bridgehead atoms. The van der Waals surface area contributed by atoms with Crippen molar-refractivity contribution in [2.45, 2.75) is 91.1 Å². The van der Waals surface area contributed by atoms with Gasteiger partial charge < -0.3 is 14.5 Å². The lowest BCUT2D eigenvalue weighted by Gasteiger charge is -2.62. The Morgan fingerprint density at radius 3 is 2.19 bits per heavy atom. The molecule has 6 unspecified atom stereocenters. The molecule has 4 rings (SSSR count). The number of nitrogens with zero attached hydrogens (tertiary/aromatic N) is 2. The number of amides is 2. The standard InChI is InChI=1S/C31H50N2O4/c1-9-21-25-18-20(37-29(36)33(7)8)14-16-31(25,4)24-15-17-30(3)22(11-12-23(30)27(24)28(21)35)19(2)10-13-26(34)32(5)6/h20-25,27H,2,9-18H2,1,3-8H3/t20-,21?,22?,23?,24?,25?,27?,30-,31-/m1/s1. The lowest BCUT2D eigenvalue weighted by atomic mass is 9.42. The molecule has 0 aliphatic heterocycles. The fraction of sp³-hybridized carbons (Fsp3) is 0.839. The van der Waals surface area contributed by atoms with E-state index >= 15 is 0 Å². The zero-order chi connectivity index (χ0) is 27.3. The van der Waals surface area contributed by atoms with Crippen molar-refractivity contribution in [1.29, 1.82) is 0 Å². The van der Waals surface area contributed by atoms with Gasteiger partial charge in [0, 0.05) is 46.4 Å². The molecule has 0 saturated heterocycles. The number of hydrogen-bond donors (Lipinski definition) is 0. The van der Waals surface area contributed by atoms with Crippen LogP contribution >= 0.6 is 0 Å². The van der Waals surface area contributed by atoms with E-state index in [-0.39, 0.29) is 46.7 Å². The smallest absolute Gasteiger partial charge is 0.409 e.